The second-order valence-electron chi connectivity index (χ2n) is 7.16. The van der Waals surface area contributed by atoms with Crippen molar-refractivity contribution in [1.82, 2.24) is 13.9 Å². The molecule has 1 heterocycles. The zero-order chi connectivity index (χ0) is 18.7. The molecule has 1 saturated carbocycles. The quantitative estimate of drug-likeness (QED) is 0.768. The number of fused-ring (bicyclic) bond motifs is 1. The van der Waals surface area contributed by atoms with Crippen molar-refractivity contribution in [3.63, 3.8) is 0 Å². The first-order valence-corrected chi connectivity index (χ1v) is 10.4. The smallest absolute Gasteiger partial charge is 0.281 e. The van der Waals surface area contributed by atoms with Gasteiger partial charge in [-0.2, -0.15) is 17.0 Å². The maximum Gasteiger partial charge on any atom is 0.281 e. The molecular weight excluding hydrogens is 354 g/mol. The molecule has 144 valence electrons. The molecule has 1 aromatic carbocycles. The van der Waals surface area contributed by atoms with Crippen molar-refractivity contribution in [2.75, 3.05) is 33.8 Å². The molecule has 1 aromatic rings. The zero-order valence-corrected chi connectivity index (χ0v) is 16.2. The summed E-state index contributed by atoms with van der Waals surface area (Å²) in [7, 11) is -0.439. The van der Waals surface area contributed by atoms with Crippen LogP contribution in [-0.4, -0.2) is 56.7 Å². The summed E-state index contributed by atoms with van der Waals surface area (Å²) in [4.78, 5) is 11.9. The minimum Gasteiger partial charge on any atom is -0.492 e. The summed E-state index contributed by atoms with van der Waals surface area (Å²) in [6.45, 7) is 1.70. The number of carbonyl (C=O) groups excluding carboxylic acids is 1. The third-order valence-corrected chi connectivity index (χ3v) is 6.67. The number of carbonyl (C=O) groups is 1. The van der Waals surface area contributed by atoms with Gasteiger partial charge in [0.15, 0.2) is 0 Å². The van der Waals surface area contributed by atoms with E-state index in [1.807, 2.05) is 18.2 Å². The molecule has 1 N–H and O–H groups in total. The number of amides is 1. The van der Waals surface area contributed by atoms with E-state index in [4.69, 9.17) is 4.74 Å². The molecule has 3 rings (SSSR count). The Kier molecular flexibility index (Phi) is 5.84. The standard InChI is InChI=1S/C18H27N3O4S/c1-20(2)26(23,24)21-9-10-25-17-7-5-14(11-16(17)13-21)6-8-18(22)19-12-15-3-4-15/h5,7,11,15H,3-4,6,8-10,12-13H2,1-2H3,(H,19,22). The Labute approximate surface area is 155 Å². The number of benzene rings is 1. The molecule has 1 aliphatic heterocycles. The van der Waals surface area contributed by atoms with Gasteiger partial charge in [-0.25, -0.2) is 0 Å². The number of hydrogen-bond acceptors (Lipinski definition) is 4. The fourth-order valence-corrected chi connectivity index (χ4v) is 4.00. The van der Waals surface area contributed by atoms with Gasteiger partial charge < -0.3 is 10.1 Å². The molecule has 0 radical (unpaired) electrons. The molecule has 7 nitrogen and oxygen atoms in total. The maximum atomic E-state index is 12.4. The van der Waals surface area contributed by atoms with Crippen LogP contribution in [0.25, 0.3) is 0 Å². The van der Waals surface area contributed by atoms with E-state index in [1.165, 1.54) is 35.5 Å². The Morgan fingerprint density at radius 2 is 2.12 bits per heavy atom. The first kappa shape index (κ1) is 19.1. The SMILES string of the molecule is CN(C)S(=O)(=O)N1CCOc2ccc(CCC(=O)NCC3CC3)cc2C1. The van der Waals surface area contributed by atoms with Gasteiger partial charge in [0, 0.05) is 45.7 Å². The number of nitrogens with one attached hydrogen (secondary N) is 1. The lowest BCUT2D eigenvalue weighted by Gasteiger charge is -2.23. The van der Waals surface area contributed by atoms with Crippen molar-refractivity contribution in [1.29, 1.82) is 0 Å². The van der Waals surface area contributed by atoms with E-state index >= 15 is 0 Å². The predicted molar refractivity (Wildman–Crippen MR) is 99.0 cm³/mol. The molecule has 0 atom stereocenters. The van der Waals surface area contributed by atoms with Crippen LogP contribution < -0.4 is 10.1 Å². The predicted octanol–water partition coefficient (Wildman–Crippen LogP) is 1.15. The van der Waals surface area contributed by atoms with Gasteiger partial charge in [-0.05, 0) is 36.8 Å². The largest absolute Gasteiger partial charge is 0.492 e. The second kappa shape index (κ2) is 7.94. The van der Waals surface area contributed by atoms with Gasteiger partial charge in [0.25, 0.3) is 10.2 Å². The average Bonchev–Trinajstić information content (AvgIpc) is 3.43. The highest BCUT2D eigenvalue weighted by molar-refractivity contribution is 7.86. The van der Waals surface area contributed by atoms with Gasteiger partial charge >= 0.3 is 0 Å². The highest BCUT2D eigenvalue weighted by Gasteiger charge is 2.28. The summed E-state index contributed by atoms with van der Waals surface area (Å²) in [6.07, 6.45) is 3.51. The number of ether oxygens (including phenoxy) is 1. The summed E-state index contributed by atoms with van der Waals surface area (Å²) in [5.74, 6) is 1.46. The Hall–Kier alpha value is -1.64. The number of rotatable bonds is 7. The van der Waals surface area contributed by atoms with E-state index in [-0.39, 0.29) is 12.5 Å². The van der Waals surface area contributed by atoms with Crippen molar-refractivity contribution >= 4 is 16.1 Å². The summed E-state index contributed by atoms with van der Waals surface area (Å²) >= 11 is 0. The fraction of sp³-hybridized carbons (Fsp3) is 0.611. The van der Waals surface area contributed by atoms with Crippen LogP contribution in [0.2, 0.25) is 0 Å². The van der Waals surface area contributed by atoms with Crippen LogP contribution in [0.4, 0.5) is 0 Å². The third-order valence-electron chi connectivity index (χ3n) is 4.78. The van der Waals surface area contributed by atoms with E-state index in [0.29, 0.717) is 37.7 Å². The van der Waals surface area contributed by atoms with Crippen molar-refractivity contribution in [2.24, 2.45) is 5.92 Å². The van der Waals surface area contributed by atoms with Crippen molar-refractivity contribution < 1.29 is 17.9 Å². The minimum atomic E-state index is -3.49. The summed E-state index contributed by atoms with van der Waals surface area (Å²) < 4.78 is 33.2. The van der Waals surface area contributed by atoms with E-state index in [1.54, 1.807) is 0 Å². The van der Waals surface area contributed by atoms with Gasteiger partial charge in [-0.3, -0.25) is 4.79 Å². The molecule has 8 heteroatoms. The Balaban J connectivity index is 1.64. The first-order chi connectivity index (χ1) is 12.4. The molecule has 0 spiro atoms. The van der Waals surface area contributed by atoms with E-state index in [9.17, 15) is 13.2 Å². The monoisotopic (exact) mass is 381 g/mol. The van der Waals surface area contributed by atoms with Crippen LogP contribution in [0, 0.1) is 5.92 Å². The fourth-order valence-electron chi connectivity index (χ4n) is 2.93. The molecule has 0 aromatic heterocycles. The Morgan fingerprint density at radius 1 is 1.35 bits per heavy atom. The third kappa shape index (κ3) is 4.75. The molecule has 0 unspecified atom stereocenters. The highest BCUT2D eigenvalue weighted by Crippen LogP contribution is 2.28. The van der Waals surface area contributed by atoms with Crippen LogP contribution in [-0.2, 0) is 28.0 Å². The second-order valence-corrected chi connectivity index (χ2v) is 9.30. The zero-order valence-electron chi connectivity index (χ0n) is 15.4. The lowest BCUT2D eigenvalue weighted by molar-refractivity contribution is -0.121. The molecule has 0 bridgehead atoms. The molecule has 1 amide bonds. The molecule has 1 fully saturated rings. The van der Waals surface area contributed by atoms with Gasteiger partial charge in [-0.1, -0.05) is 12.1 Å². The number of hydrogen-bond donors (Lipinski definition) is 1. The number of nitrogens with zero attached hydrogens (tertiary/aromatic N) is 2. The van der Waals surface area contributed by atoms with E-state index in [2.05, 4.69) is 5.32 Å². The van der Waals surface area contributed by atoms with Gasteiger partial charge in [0.2, 0.25) is 5.91 Å². The maximum absolute atomic E-state index is 12.4. The van der Waals surface area contributed by atoms with Crippen LogP contribution in [0.3, 0.4) is 0 Å². The Bertz CT molecular complexity index is 760. The molecule has 2 aliphatic rings. The van der Waals surface area contributed by atoms with Gasteiger partial charge in [0.05, 0.1) is 0 Å². The first-order valence-electron chi connectivity index (χ1n) is 9.05. The van der Waals surface area contributed by atoms with Crippen molar-refractivity contribution in [3.8, 4) is 5.75 Å². The molecule has 26 heavy (non-hydrogen) atoms. The van der Waals surface area contributed by atoms with E-state index < -0.39 is 10.2 Å². The van der Waals surface area contributed by atoms with Crippen molar-refractivity contribution in [2.45, 2.75) is 32.2 Å². The average molecular weight is 381 g/mol. The van der Waals surface area contributed by atoms with Crippen LogP contribution in [0.5, 0.6) is 5.75 Å². The van der Waals surface area contributed by atoms with Crippen LogP contribution >= 0.6 is 0 Å². The van der Waals surface area contributed by atoms with Gasteiger partial charge in [0.1, 0.15) is 12.4 Å². The highest BCUT2D eigenvalue weighted by atomic mass is 32.2. The summed E-state index contributed by atoms with van der Waals surface area (Å²) in [5.41, 5.74) is 1.85. The van der Waals surface area contributed by atoms with Crippen molar-refractivity contribution in [3.05, 3.63) is 29.3 Å². The topological polar surface area (TPSA) is 79.0 Å². The normalized spacial score (nSPS) is 18.1. The summed E-state index contributed by atoms with van der Waals surface area (Å²) in [6, 6.07) is 5.77. The molecule has 0 saturated heterocycles. The molecule has 1 aliphatic carbocycles. The lowest BCUT2D eigenvalue weighted by Crippen LogP contribution is -2.40. The van der Waals surface area contributed by atoms with Gasteiger partial charge in [-0.15, -0.1) is 0 Å². The van der Waals surface area contributed by atoms with E-state index in [0.717, 1.165) is 17.7 Å². The minimum absolute atomic E-state index is 0.0694. The molecular formula is C18H27N3O4S. The lowest BCUT2D eigenvalue weighted by atomic mass is 10.1. The Morgan fingerprint density at radius 3 is 2.81 bits per heavy atom. The van der Waals surface area contributed by atoms with Crippen LogP contribution in [0.15, 0.2) is 18.2 Å². The summed E-state index contributed by atoms with van der Waals surface area (Å²) in [5, 5.41) is 2.97. The number of aryl methyl sites for hydroxylation is 1. The van der Waals surface area contributed by atoms with Crippen LogP contribution in [0.1, 0.15) is 30.4 Å².